The minimum atomic E-state index is -3.91. The number of ether oxygens (including phenoxy) is 1. The van der Waals surface area contributed by atoms with Crippen molar-refractivity contribution in [3.8, 4) is 5.75 Å². The maximum Gasteiger partial charge on any atom is 0.321 e. The molecule has 3 rings (SSSR count). The molecule has 1 heterocycles. The molecule has 0 fully saturated rings. The standard InChI is InChI=1S/C19H20N4O6S2/c1-11(17(24)22-18(25)20-2)30-19-21-14-10-12(8-9-16(14)29-19)31(26,27)23-13-6-4-5-7-15(13)28-3/h4-11,23H,1-3H3,(H2,20,22,24,25). The van der Waals surface area contributed by atoms with Gasteiger partial charge >= 0.3 is 6.03 Å². The summed E-state index contributed by atoms with van der Waals surface area (Å²) in [6, 6.07) is 10.3. The van der Waals surface area contributed by atoms with E-state index in [0.717, 1.165) is 11.8 Å². The molecule has 12 heteroatoms. The van der Waals surface area contributed by atoms with E-state index in [0.29, 0.717) is 22.5 Å². The van der Waals surface area contributed by atoms with E-state index in [9.17, 15) is 18.0 Å². The van der Waals surface area contributed by atoms with Gasteiger partial charge in [-0.05, 0) is 37.3 Å². The molecule has 0 radical (unpaired) electrons. The highest BCUT2D eigenvalue weighted by atomic mass is 32.2. The number of carbonyl (C=O) groups excluding carboxylic acids is 2. The number of oxazole rings is 1. The number of nitrogens with one attached hydrogen (secondary N) is 3. The van der Waals surface area contributed by atoms with Crippen LogP contribution in [0.3, 0.4) is 0 Å². The number of hydrogen-bond acceptors (Lipinski definition) is 8. The van der Waals surface area contributed by atoms with Crippen LogP contribution in [0.25, 0.3) is 11.1 Å². The molecule has 3 amide bonds. The monoisotopic (exact) mass is 464 g/mol. The van der Waals surface area contributed by atoms with Crippen LogP contribution >= 0.6 is 11.8 Å². The highest BCUT2D eigenvalue weighted by Crippen LogP contribution is 2.30. The SMILES string of the molecule is CNC(=O)NC(=O)C(C)Sc1nc2cc(S(=O)(=O)Nc3ccccc3OC)ccc2o1. The van der Waals surface area contributed by atoms with Crippen LogP contribution in [0.2, 0.25) is 0 Å². The van der Waals surface area contributed by atoms with Gasteiger partial charge in [0.2, 0.25) is 5.91 Å². The van der Waals surface area contributed by atoms with Crippen LogP contribution in [-0.4, -0.2) is 44.7 Å². The number of imide groups is 1. The molecule has 164 valence electrons. The van der Waals surface area contributed by atoms with E-state index < -0.39 is 27.2 Å². The Hall–Kier alpha value is -3.25. The fraction of sp³-hybridized carbons (Fsp3) is 0.211. The van der Waals surface area contributed by atoms with E-state index in [1.165, 1.54) is 32.4 Å². The van der Waals surface area contributed by atoms with Crippen molar-refractivity contribution < 1.29 is 27.2 Å². The number of sulfonamides is 1. The predicted octanol–water partition coefficient (Wildman–Crippen LogP) is 2.57. The smallest absolute Gasteiger partial charge is 0.321 e. The Balaban J connectivity index is 1.80. The summed E-state index contributed by atoms with van der Waals surface area (Å²) in [5.41, 5.74) is 0.972. The average Bonchev–Trinajstić information content (AvgIpc) is 3.15. The Morgan fingerprint density at radius 1 is 1.19 bits per heavy atom. The van der Waals surface area contributed by atoms with Crippen molar-refractivity contribution in [1.82, 2.24) is 15.6 Å². The van der Waals surface area contributed by atoms with Gasteiger partial charge in [-0.1, -0.05) is 23.9 Å². The first-order chi connectivity index (χ1) is 14.7. The van der Waals surface area contributed by atoms with Crippen molar-refractivity contribution in [2.75, 3.05) is 18.9 Å². The van der Waals surface area contributed by atoms with Crippen molar-refractivity contribution in [3.63, 3.8) is 0 Å². The number of methoxy groups -OCH3 is 1. The Labute approximate surface area is 182 Å². The molecule has 2 aromatic carbocycles. The number of fused-ring (bicyclic) bond motifs is 1. The zero-order chi connectivity index (χ0) is 22.6. The first-order valence-corrected chi connectivity index (χ1v) is 11.4. The van der Waals surface area contributed by atoms with E-state index in [-0.39, 0.29) is 10.1 Å². The molecular weight excluding hydrogens is 444 g/mol. The summed E-state index contributed by atoms with van der Waals surface area (Å²) in [4.78, 5) is 27.5. The lowest BCUT2D eigenvalue weighted by Gasteiger charge is -2.11. The van der Waals surface area contributed by atoms with Crippen molar-refractivity contribution in [2.24, 2.45) is 0 Å². The number of nitrogens with zero attached hydrogens (tertiary/aromatic N) is 1. The van der Waals surface area contributed by atoms with E-state index in [2.05, 4.69) is 20.3 Å². The Bertz CT molecular complexity index is 1230. The molecule has 3 aromatic rings. The van der Waals surface area contributed by atoms with Gasteiger partial charge in [0.1, 0.15) is 11.3 Å². The third kappa shape index (κ3) is 5.27. The van der Waals surface area contributed by atoms with Gasteiger partial charge < -0.3 is 14.5 Å². The number of amides is 3. The summed E-state index contributed by atoms with van der Waals surface area (Å²) in [5, 5.41) is 3.96. The van der Waals surface area contributed by atoms with Gasteiger partial charge in [0.25, 0.3) is 15.2 Å². The van der Waals surface area contributed by atoms with Gasteiger partial charge in [-0.3, -0.25) is 14.8 Å². The molecule has 0 saturated heterocycles. The summed E-state index contributed by atoms with van der Waals surface area (Å²) in [5.74, 6) is -0.132. The van der Waals surface area contributed by atoms with E-state index in [1.54, 1.807) is 31.2 Å². The lowest BCUT2D eigenvalue weighted by atomic mass is 10.3. The van der Waals surface area contributed by atoms with Crippen LogP contribution in [0.4, 0.5) is 10.5 Å². The molecule has 0 aliphatic rings. The van der Waals surface area contributed by atoms with Crippen LogP contribution in [-0.2, 0) is 14.8 Å². The second-order valence-corrected chi connectivity index (χ2v) is 9.22. The molecule has 0 saturated carbocycles. The molecule has 1 aromatic heterocycles. The molecular formula is C19H20N4O6S2. The number of benzene rings is 2. The highest BCUT2D eigenvalue weighted by Gasteiger charge is 2.21. The molecule has 0 aliphatic heterocycles. The normalized spacial score (nSPS) is 12.2. The summed E-state index contributed by atoms with van der Waals surface area (Å²) in [7, 11) is -1.06. The molecule has 1 unspecified atom stereocenters. The Morgan fingerprint density at radius 2 is 1.94 bits per heavy atom. The number of aromatic nitrogens is 1. The van der Waals surface area contributed by atoms with Gasteiger partial charge in [0.05, 0.1) is 22.9 Å². The van der Waals surface area contributed by atoms with Crippen LogP contribution in [0, 0.1) is 0 Å². The minimum absolute atomic E-state index is 0.0128. The fourth-order valence-electron chi connectivity index (χ4n) is 2.52. The number of urea groups is 1. The predicted molar refractivity (Wildman–Crippen MR) is 116 cm³/mol. The van der Waals surface area contributed by atoms with Gasteiger partial charge in [-0.2, -0.15) is 0 Å². The lowest BCUT2D eigenvalue weighted by Crippen LogP contribution is -2.41. The molecule has 3 N–H and O–H groups in total. The number of rotatable bonds is 7. The van der Waals surface area contributed by atoms with Crippen molar-refractivity contribution in [3.05, 3.63) is 42.5 Å². The first kappa shape index (κ1) is 22.4. The van der Waals surface area contributed by atoms with Crippen LogP contribution < -0.4 is 20.1 Å². The topological polar surface area (TPSA) is 140 Å². The van der Waals surface area contributed by atoms with Gasteiger partial charge in [-0.25, -0.2) is 18.2 Å². The molecule has 0 spiro atoms. The molecule has 0 aliphatic carbocycles. The number of carbonyl (C=O) groups is 2. The van der Waals surface area contributed by atoms with Crippen LogP contribution in [0.5, 0.6) is 5.75 Å². The van der Waals surface area contributed by atoms with Gasteiger partial charge in [-0.15, -0.1) is 0 Å². The van der Waals surface area contributed by atoms with E-state index in [4.69, 9.17) is 9.15 Å². The molecule has 0 bridgehead atoms. The minimum Gasteiger partial charge on any atom is -0.495 e. The molecule has 31 heavy (non-hydrogen) atoms. The average molecular weight is 465 g/mol. The van der Waals surface area contributed by atoms with Crippen molar-refractivity contribution in [1.29, 1.82) is 0 Å². The largest absolute Gasteiger partial charge is 0.495 e. The zero-order valence-corrected chi connectivity index (χ0v) is 18.5. The number of anilines is 1. The quantitative estimate of drug-likeness (QED) is 0.453. The summed E-state index contributed by atoms with van der Waals surface area (Å²) in [6.45, 7) is 1.59. The number of thioether (sulfide) groups is 1. The number of hydrogen-bond donors (Lipinski definition) is 3. The maximum absolute atomic E-state index is 12.8. The van der Waals surface area contributed by atoms with Gasteiger partial charge in [0, 0.05) is 7.05 Å². The number of para-hydroxylation sites is 2. The third-order valence-corrected chi connectivity index (χ3v) is 6.42. The summed E-state index contributed by atoms with van der Waals surface area (Å²) < 4.78 is 38.8. The van der Waals surface area contributed by atoms with Crippen molar-refractivity contribution >= 4 is 50.5 Å². The molecule has 10 nitrogen and oxygen atoms in total. The van der Waals surface area contributed by atoms with Crippen LogP contribution in [0.15, 0.2) is 57.0 Å². The van der Waals surface area contributed by atoms with Crippen LogP contribution in [0.1, 0.15) is 6.92 Å². The highest BCUT2D eigenvalue weighted by molar-refractivity contribution is 8.00. The van der Waals surface area contributed by atoms with Gasteiger partial charge in [0.15, 0.2) is 5.58 Å². The van der Waals surface area contributed by atoms with Crippen molar-refractivity contribution in [2.45, 2.75) is 22.3 Å². The molecule has 1 atom stereocenters. The van der Waals surface area contributed by atoms with E-state index in [1.807, 2.05) is 0 Å². The Kier molecular flexibility index (Phi) is 6.71. The fourth-order valence-corrected chi connectivity index (χ4v) is 4.36. The first-order valence-electron chi connectivity index (χ1n) is 8.99. The second-order valence-electron chi connectivity index (χ2n) is 6.24. The lowest BCUT2D eigenvalue weighted by molar-refractivity contribution is -0.119. The summed E-state index contributed by atoms with van der Waals surface area (Å²) in [6.07, 6.45) is 0. The third-order valence-electron chi connectivity index (χ3n) is 4.11. The Morgan fingerprint density at radius 3 is 2.65 bits per heavy atom. The second kappa shape index (κ2) is 9.27. The zero-order valence-electron chi connectivity index (χ0n) is 16.8. The van der Waals surface area contributed by atoms with E-state index >= 15 is 0 Å². The maximum atomic E-state index is 12.8. The summed E-state index contributed by atoms with van der Waals surface area (Å²) >= 11 is 0.999.